The Balaban J connectivity index is 1.37. The largest absolute Gasteiger partial charge is 0.334 e. The van der Waals surface area contributed by atoms with E-state index in [0.29, 0.717) is 12.2 Å². The van der Waals surface area contributed by atoms with Crippen LogP contribution in [0, 0.1) is 5.82 Å². The minimum atomic E-state index is -0.235. The van der Waals surface area contributed by atoms with Crippen molar-refractivity contribution in [2.75, 3.05) is 11.9 Å². The van der Waals surface area contributed by atoms with E-state index in [9.17, 15) is 9.18 Å². The summed E-state index contributed by atoms with van der Waals surface area (Å²) in [5, 5.41) is 13.2. The number of nitrogens with zero attached hydrogens (tertiary/aromatic N) is 4. The van der Waals surface area contributed by atoms with Crippen molar-refractivity contribution < 1.29 is 9.18 Å². The lowest BCUT2D eigenvalue weighted by Crippen LogP contribution is -2.30. The molecule has 1 aliphatic heterocycles. The number of anilines is 2. The van der Waals surface area contributed by atoms with Crippen molar-refractivity contribution in [1.82, 2.24) is 20.1 Å². The minimum Gasteiger partial charge on any atom is -0.334 e. The van der Waals surface area contributed by atoms with Gasteiger partial charge in [-0.05, 0) is 61.9 Å². The number of likely N-dealkylation sites (tertiary alicyclic amines) is 1. The zero-order chi connectivity index (χ0) is 21.6. The summed E-state index contributed by atoms with van der Waals surface area (Å²) in [5.74, 6) is 0.634. The van der Waals surface area contributed by atoms with Crippen LogP contribution in [-0.2, 0) is 17.6 Å². The molecule has 31 heavy (non-hydrogen) atoms. The van der Waals surface area contributed by atoms with E-state index in [1.165, 1.54) is 23.5 Å². The zero-order valence-corrected chi connectivity index (χ0v) is 18.4. The maximum atomic E-state index is 13.0. The molecular weight excluding hydrogens is 413 g/mol. The first-order chi connectivity index (χ1) is 15.1. The highest BCUT2D eigenvalue weighted by Gasteiger charge is 2.30. The number of aryl methyl sites for hydroxylation is 2. The molecule has 8 heteroatoms. The van der Waals surface area contributed by atoms with Crippen LogP contribution >= 0.6 is 11.3 Å². The highest BCUT2D eigenvalue weighted by molar-refractivity contribution is 7.15. The third kappa shape index (κ3) is 5.44. The summed E-state index contributed by atoms with van der Waals surface area (Å²) < 4.78 is 13.0. The van der Waals surface area contributed by atoms with E-state index in [1.54, 1.807) is 12.1 Å². The van der Waals surface area contributed by atoms with Crippen LogP contribution in [-0.4, -0.2) is 32.5 Å². The van der Waals surface area contributed by atoms with Gasteiger partial charge in [0.05, 0.1) is 11.7 Å². The van der Waals surface area contributed by atoms with Gasteiger partial charge in [0.2, 0.25) is 11.0 Å². The van der Waals surface area contributed by atoms with Crippen molar-refractivity contribution in [3.05, 3.63) is 64.5 Å². The fraction of sp³-hybridized carbons (Fsp3) is 0.391. The van der Waals surface area contributed by atoms with Gasteiger partial charge in [-0.3, -0.25) is 4.79 Å². The normalized spacial score (nSPS) is 15.9. The second-order valence-electron chi connectivity index (χ2n) is 7.65. The molecule has 0 radical (unpaired) electrons. The minimum absolute atomic E-state index is 0.000642. The molecule has 1 saturated heterocycles. The summed E-state index contributed by atoms with van der Waals surface area (Å²) >= 11 is 1.52. The molecule has 1 atom stereocenters. The first-order valence-electron chi connectivity index (χ1n) is 10.7. The lowest BCUT2D eigenvalue weighted by atomic mass is 10.1. The third-order valence-corrected chi connectivity index (χ3v) is 6.44. The number of hydrogen-bond acceptors (Lipinski definition) is 6. The Morgan fingerprint density at radius 3 is 2.84 bits per heavy atom. The molecule has 1 fully saturated rings. The van der Waals surface area contributed by atoms with E-state index >= 15 is 0 Å². The van der Waals surface area contributed by atoms with Crippen LogP contribution < -0.4 is 5.32 Å². The fourth-order valence-electron chi connectivity index (χ4n) is 3.87. The van der Waals surface area contributed by atoms with Crippen molar-refractivity contribution in [1.29, 1.82) is 0 Å². The molecular formula is C23H26FN5OS. The predicted molar refractivity (Wildman–Crippen MR) is 120 cm³/mol. The quantitative estimate of drug-likeness (QED) is 0.531. The van der Waals surface area contributed by atoms with Gasteiger partial charge in [0, 0.05) is 13.0 Å². The molecule has 3 aromatic rings. The van der Waals surface area contributed by atoms with Crippen molar-refractivity contribution in [2.24, 2.45) is 0 Å². The number of carbonyl (C=O) groups is 1. The number of halogens is 1. The molecule has 4 rings (SSSR count). The SMILES string of the molecule is CCc1nnc(Nc2cccc([C@@H]3CCCN3C(=O)CCCc3ccc(F)cc3)n2)s1. The third-order valence-electron chi connectivity index (χ3n) is 5.46. The number of aromatic nitrogens is 3. The Bertz CT molecular complexity index is 1020. The Hall–Kier alpha value is -2.87. The predicted octanol–water partition coefficient (Wildman–Crippen LogP) is 5.06. The van der Waals surface area contributed by atoms with Crippen molar-refractivity contribution in [3.8, 4) is 0 Å². The monoisotopic (exact) mass is 439 g/mol. The van der Waals surface area contributed by atoms with E-state index in [4.69, 9.17) is 4.98 Å². The van der Waals surface area contributed by atoms with Gasteiger partial charge >= 0.3 is 0 Å². The Morgan fingerprint density at radius 1 is 1.23 bits per heavy atom. The van der Waals surface area contributed by atoms with Crippen LogP contribution in [0.4, 0.5) is 15.3 Å². The average Bonchev–Trinajstić information content (AvgIpc) is 3.45. The molecule has 0 spiro atoms. The van der Waals surface area contributed by atoms with Gasteiger partial charge in [-0.15, -0.1) is 10.2 Å². The maximum Gasteiger partial charge on any atom is 0.223 e. The molecule has 0 saturated carbocycles. The van der Waals surface area contributed by atoms with E-state index in [-0.39, 0.29) is 17.8 Å². The molecule has 3 heterocycles. The molecule has 2 aromatic heterocycles. The van der Waals surface area contributed by atoms with Gasteiger partial charge in [0.25, 0.3) is 0 Å². The fourth-order valence-corrected chi connectivity index (χ4v) is 4.56. The first-order valence-corrected chi connectivity index (χ1v) is 11.5. The van der Waals surface area contributed by atoms with E-state index < -0.39 is 0 Å². The number of hydrogen-bond donors (Lipinski definition) is 1. The molecule has 0 aliphatic carbocycles. The number of benzene rings is 1. The lowest BCUT2D eigenvalue weighted by Gasteiger charge is -2.24. The summed E-state index contributed by atoms with van der Waals surface area (Å²) in [6.07, 6.45) is 4.75. The molecule has 1 N–H and O–H groups in total. The smallest absolute Gasteiger partial charge is 0.223 e. The van der Waals surface area contributed by atoms with E-state index in [1.807, 2.05) is 23.1 Å². The molecule has 1 amide bonds. The summed E-state index contributed by atoms with van der Waals surface area (Å²) in [6.45, 7) is 2.81. The van der Waals surface area contributed by atoms with Gasteiger partial charge in [0.1, 0.15) is 16.6 Å². The molecule has 0 bridgehead atoms. The van der Waals surface area contributed by atoms with Crippen LogP contribution in [0.1, 0.15) is 54.9 Å². The Kier molecular flexibility index (Phi) is 6.86. The second-order valence-corrected chi connectivity index (χ2v) is 8.71. The Labute approximate surface area is 185 Å². The van der Waals surface area contributed by atoms with E-state index in [0.717, 1.165) is 60.0 Å². The standard InChI is InChI=1S/C23H26FN5OS/c1-2-21-27-28-23(31-21)26-20-9-4-7-18(25-20)19-8-5-15-29(19)22(30)10-3-6-16-11-13-17(24)14-12-16/h4,7,9,11-14,19H,2-3,5-6,8,10,15H2,1H3,(H,25,26,28)/t19-/m0/s1. The van der Waals surface area contributed by atoms with Crippen LogP contribution in [0.2, 0.25) is 0 Å². The summed E-state index contributed by atoms with van der Waals surface area (Å²) in [7, 11) is 0. The molecule has 162 valence electrons. The Morgan fingerprint density at radius 2 is 2.06 bits per heavy atom. The molecule has 1 aliphatic rings. The van der Waals surface area contributed by atoms with E-state index in [2.05, 4.69) is 22.4 Å². The van der Waals surface area contributed by atoms with Gasteiger partial charge in [0.15, 0.2) is 0 Å². The van der Waals surface area contributed by atoms with Gasteiger partial charge in [-0.1, -0.05) is 36.5 Å². The molecule has 0 unspecified atom stereocenters. The summed E-state index contributed by atoms with van der Waals surface area (Å²) in [4.78, 5) is 19.6. The zero-order valence-electron chi connectivity index (χ0n) is 17.6. The van der Waals surface area contributed by atoms with Crippen LogP contribution in [0.5, 0.6) is 0 Å². The van der Waals surface area contributed by atoms with Gasteiger partial charge in [-0.25, -0.2) is 9.37 Å². The second kappa shape index (κ2) is 9.96. The number of nitrogens with one attached hydrogen (secondary N) is 1. The lowest BCUT2D eigenvalue weighted by molar-refractivity contribution is -0.132. The number of rotatable bonds is 8. The van der Waals surface area contributed by atoms with Crippen molar-refractivity contribution in [2.45, 2.75) is 51.5 Å². The average molecular weight is 440 g/mol. The van der Waals surface area contributed by atoms with Crippen LogP contribution in [0.3, 0.4) is 0 Å². The number of pyridine rings is 1. The topological polar surface area (TPSA) is 71.0 Å². The molecule has 6 nitrogen and oxygen atoms in total. The van der Waals surface area contributed by atoms with Gasteiger partial charge in [-0.2, -0.15) is 0 Å². The number of carbonyl (C=O) groups excluding carboxylic acids is 1. The summed E-state index contributed by atoms with van der Waals surface area (Å²) in [5.41, 5.74) is 1.95. The highest BCUT2D eigenvalue weighted by atomic mass is 32.1. The number of amides is 1. The maximum absolute atomic E-state index is 13.0. The highest BCUT2D eigenvalue weighted by Crippen LogP contribution is 2.32. The van der Waals surface area contributed by atoms with Crippen molar-refractivity contribution >= 4 is 28.2 Å². The van der Waals surface area contributed by atoms with Crippen molar-refractivity contribution in [3.63, 3.8) is 0 Å². The van der Waals surface area contributed by atoms with Gasteiger partial charge < -0.3 is 10.2 Å². The summed E-state index contributed by atoms with van der Waals surface area (Å²) in [6, 6.07) is 12.3. The molecule has 1 aromatic carbocycles. The van der Waals surface area contributed by atoms with Crippen LogP contribution in [0.25, 0.3) is 0 Å². The van der Waals surface area contributed by atoms with Crippen LogP contribution in [0.15, 0.2) is 42.5 Å². The first kappa shape index (κ1) is 21.4.